The Kier molecular flexibility index (Phi) is 9.78. The van der Waals surface area contributed by atoms with Crippen molar-refractivity contribution in [2.24, 2.45) is 0 Å². The van der Waals surface area contributed by atoms with Gasteiger partial charge in [-0.2, -0.15) is 0 Å². The molecule has 0 aliphatic heterocycles. The molecular weight excluding hydrogens is 352 g/mol. The molecule has 146 valence electrons. The molecule has 0 aliphatic rings. The smallest absolute Gasteiger partial charge is 0.303 e. The number of carbonyl (C=O) groups excluding carboxylic acids is 6. The Hall–Kier alpha value is -2.78. The average molecular weight is 374 g/mol. The quantitative estimate of drug-likeness (QED) is 0.289. The predicted octanol–water partition coefficient (Wildman–Crippen LogP) is -0.109. The van der Waals surface area contributed by atoms with Crippen molar-refractivity contribution in [3.05, 3.63) is 0 Å². The van der Waals surface area contributed by atoms with Crippen LogP contribution in [0.25, 0.3) is 0 Å². The van der Waals surface area contributed by atoms with E-state index in [1.165, 1.54) is 6.92 Å². The molecule has 0 radical (unpaired) electrons. The number of hydrogen-bond donors (Lipinski definition) is 0. The standard InChI is InChI=1S/C16H22O10/c1-6-12(22)14(24-9(3)19)16(26-11(5)21)15(25-10(4)20)13(7-17)23-8(2)18/h7,13-16H,6H2,1-5H3/t13-,14+,15+,16-/m1/s1. The summed E-state index contributed by atoms with van der Waals surface area (Å²) in [5.41, 5.74) is 0. The highest BCUT2D eigenvalue weighted by Gasteiger charge is 2.45. The number of carbonyl (C=O) groups is 6. The van der Waals surface area contributed by atoms with Gasteiger partial charge in [-0.15, -0.1) is 0 Å². The Morgan fingerprint density at radius 2 is 1.15 bits per heavy atom. The fourth-order valence-corrected chi connectivity index (χ4v) is 2.07. The second kappa shape index (κ2) is 11.0. The van der Waals surface area contributed by atoms with E-state index < -0.39 is 54.1 Å². The van der Waals surface area contributed by atoms with Crippen LogP contribution in [0.4, 0.5) is 0 Å². The Morgan fingerprint density at radius 1 is 0.731 bits per heavy atom. The molecule has 0 spiro atoms. The van der Waals surface area contributed by atoms with Gasteiger partial charge in [-0.25, -0.2) is 0 Å². The van der Waals surface area contributed by atoms with Crippen molar-refractivity contribution >= 4 is 35.9 Å². The lowest BCUT2D eigenvalue weighted by molar-refractivity contribution is -0.197. The van der Waals surface area contributed by atoms with Gasteiger partial charge in [-0.3, -0.25) is 28.8 Å². The molecule has 0 aliphatic carbocycles. The largest absolute Gasteiger partial charge is 0.454 e. The van der Waals surface area contributed by atoms with Crippen molar-refractivity contribution in [1.82, 2.24) is 0 Å². The number of esters is 4. The zero-order valence-electron chi connectivity index (χ0n) is 15.2. The number of aldehydes is 1. The van der Waals surface area contributed by atoms with Crippen LogP contribution in [0.5, 0.6) is 0 Å². The number of ether oxygens (including phenoxy) is 4. The second-order valence-corrected chi connectivity index (χ2v) is 5.21. The molecule has 0 amide bonds. The zero-order valence-corrected chi connectivity index (χ0v) is 15.2. The van der Waals surface area contributed by atoms with Gasteiger partial charge in [0, 0.05) is 34.1 Å². The molecular formula is C16H22O10. The number of rotatable bonds is 10. The van der Waals surface area contributed by atoms with E-state index in [0.29, 0.717) is 0 Å². The number of Topliss-reactive ketones (excluding diaryl/α,β-unsaturated/α-hetero) is 1. The fourth-order valence-electron chi connectivity index (χ4n) is 2.07. The summed E-state index contributed by atoms with van der Waals surface area (Å²) in [6, 6.07) is 0. The molecule has 0 aromatic rings. The first kappa shape index (κ1) is 23.2. The minimum atomic E-state index is -1.70. The van der Waals surface area contributed by atoms with Gasteiger partial charge in [0.05, 0.1) is 0 Å². The predicted molar refractivity (Wildman–Crippen MR) is 83.6 cm³/mol. The highest BCUT2D eigenvalue weighted by Crippen LogP contribution is 2.20. The maximum absolute atomic E-state index is 12.2. The summed E-state index contributed by atoms with van der Waals surface area (Å²) in [5.74, 6) is -4.22. The number of hydrogen-bond acceptors (Lipinski definition) is 10. The summed E-state index contributed by atoms with van der Waals surface area (Å²) in [6.45, 7) is 5.48. The van der Waals surface area contributed by atoms with Crippen LogP contribution in [0, 0.1) is 0 Å². The van der Waals surface area contributed by atoms with Crippen LogP contribution in [0.2, 0.25) is 0 Å². The number of ketones is 1. The van der Waals surface area contributed by atoms with E-state index in [2.05, 4.69) is 0 Å². The third-order valence-corrected chi connectivity index (χ3v) is 2.94. The van der Waals surface area contributed by atoms with Crippen LogP contribution >= 0.6 is 0 Å². The van der Waals surface area contributed by atoms with Gasteiger partial charge in [-0.1, -0.05) is 6.92 Å². The molecule has 0 saturated carbocycles. The van der Waals surface area contributed by atoms with Crippen molar-refractivity contribution in [3.63, 3.8) is 0 Å². The maximum atomic E-state index is 12.2. The van der Waals surface area contributed by atoms with E-state index in [-0.39, 0.29) is 12.7 Å². The van der Waals surface area contributed by atoms with Crippen molar-refractivity contribution in [1.29, 1.82) is 0 Å². The normalized spacial score (nSPS) is 14.8. The van der Waals surface area contributed by atoms with Crippen molar-refractivity contribution < 1.29 is 47.7 Å². The highest BCUT2D eigenvalue weighted by atomic mass is 16.6. The molecule has 4 atom stereocenters. The van der Waals surface area contributed by atoms with Gasteiger partial charge in [0.15, 0.2) is 30.4 Å². The lowest BCUT2D eigenvalue weighted by Crippen LogP contribution is -2.54. The highest BCUT2D eigenvalue weighted by molar-refractivity contribution is 5.86. The van der Waals surface area contributed by atoms with Gasteiger partial charge >= 0.3 is 23.9 Å². The van der Waals surface area contributed by atoms with Gasteiger partial charge in [0.25, 0.3) is 0 Å². The molecule has 0 aromatic heterocycles. The molecule has 10 heteroatoms. The summed E-state index contributed by atoms with van der Waals surface area (Å²) >= 11 is 0. The van der Waals surface area contributed by atoms with Crippen LogP contribution in [0.3, 0.4) is 0 Å². The van der Waals surface area contributed by atoms with Crippen LogP contribution < -0.4 is 0 Å². The van der Waals surface area contributed by atoms with Crippen LogP contribution in [0.1, 0.15) is 41.0 Å². The van der Waals surface area contributed by atoms with E-state index in [9.17, 15) is 28.8 Å². The summed E-state index contributed by atoms with van der Waals surface area (Å²) < 4.78 is 19.6. The molecule has 0 bridgehead atoms. The van der Waals surface area contributed by atoms with Crippen molar-refractivity contribution in [2.75, 3.05) is 0 Å². The Labute approximate surface area is 150 Å². The summed E-state index contributed by atoms with van der Waals surface area (Å²) in [5, 5.41) is 0. The molecule has 0 saturated heterocycles. The second-order valence-electron chi connectivity index (χ2n) is 5.21. The summed E-state index contributed by atoms with van der Waals surface area (Å²) in [6.07, 6.45) is -6.71. The Balaban J connectivity index is 6.13. The van der Waals surface area contributed by atoms with Crippen LogP contribution in [0.15, 0.2) is 0 Å². The lowest BCUT2D eigenvalue weighted by atomic mass is 9.98. The van der Waals surface area contributed by atoms with E-state index in [1.54, 1.807) is 0 Å². The minimum absolute atomic E-state index is 0.109. The zero-order chi connectivity index (χ0) is 20.4. The maximum Gasteiger partial charge on any atom is 0.303 e. The monoisotopic (exact) mass is 374 g/mol. The van der Waals surface area contributed by atoms with E-state index >= 15 is 0 Å². The van der Waals surface area contributed by atoms with Gasteiger partial charge in [0.2, 0.25) is 6.10 Å². The van der Waals surface area contributed by atoms with E-state index in [0.717, 1.165) is 27.7 Å². The molecule has 0 unspecified atom stereocenters. The summed E-state index contributed by atoms with van der Waals surface area (Å²) in [7, 11) is 0. The van der Waals surface area contributed by atoms with Crippen molar-refractivity contribution in [3.8, 4) is 0 Å². The summed E-state index contributed by atoms with van der Waals surface area (Å²) in [4.78, 5) is 69.0. The molecule has 10 nitrogen and oxygen atoms in total. The minimum Gasteiger partial charge on any atom is -0.454 e. The lowest BCUT2D eigenvalue weighted by Gasteiger charge is -2.33. The van der Waals surface area contributed by atoms with Gasteiger partial charge in [-0.05, 0) is 0 Å². The third kappa shape index (κ3) is 7.86. The first-order chi connectivity index (χ1) is 12.0. The van der Waals surface area contributed by atoms with Gasteiger partial charge in [0.1, 0.15) is 0 Å². The third-order valence-electron chi connectivity index (χ3n) is 2.94. The average Bonchev–Trinajstić information content (AvgIpc) is 2.52. The molecule has 0 rings (SSSR count). The van der Waals surface area contributed by atoms with Crippen LogP contribution in [-0.2, 0) is 47.7 Å². The molecule has 0 N–H and O–H groups in total. The fraction of sp³-hybridized carbons (Fsp3) is 0.625. The Bertz CT molecular complexity index is 567. The van der Waals surface area contributed by atoms with Crippen LogP contribution in [-0.4, -0.2) is 60.4 Å². The Morgan fingerprint density at radius 3 is 1.50 bits per heavy atom. The molecule has 0 aromatic carbocycles. The first-order valence-corrected chi connectivity index (χ1v) is 7.70. The molecule has 26 heavy (non-hydrogen) atoms. The van der Waals surface area contributed by atoms with E-state index in [4.69, 9.17) is 18.9 Å². The topological polar surface area (TPSA) is 139 Å². The molecule has 0 heterocycles. The SMILES string of the molecule is CCC(=O)[C@H](OC(C)=O)[C@@H](OC(C)=O)[C@@H](OC(C)=O)[C@@H](C=O)OC(C)=O. The molecule has 0 fully saturated rings. The van der Waals surface area contributed by atoms with Crippen molar-refractivity contribution in [2.45, 2.75) is 65.5 Å². The van der Waals surface area contributed by atoms with E-state index in [1.807, 2.05) is 0 Å². The van der Waals surface area contributed by atoms with Gasteiger partial charge < -0.3 is 18.9 Å². The first-order valence-electron chi connectivity index (χ1n) is 7.70.